The van der Waals surface area contributed by atoms with Gasteiger partial charge < -0.3 is 19.7 Å². The van der Waals surface area contributed by atoms with Gasteiger partial charge in [0.2, 0.25) is 5.95 Å². The van der Waals surface area contributed by atoms with Crippen LogP contribution in [0.15, 0.2) is 29.1 Å². The van der Waals surface area contributed by atoms with Gasteiger partial charge in [-0.15, -0.1) is 0 Å². The molecule has 0 aliphatic carbocycles. The first-order chi connectivity index (χ1) is 17.5. The fraction of sp³-hybridized carbons (Fsp3) is 0.409. The van der Waals surface area contributed by atoms with Crippen LogP contribution in [0.4, 0.5) is 19.1 Å². The SMILES string of the molecule is CCC(Oc1nc2nc(N3CCNCC3)n(-c3ccccc3Cl)c2c(=O)n1C)C(=O)OC(=O)C(F)(F)F. The summed E-state index contributed by atoms with van der Waals surface area (Å²) in [6, 6.07) is 6.49. The minimum Gasteiger partial charge on any atom is -0.449 e. The number of ether oxygens (including phenoxy) is 2. The number of aromatic nitrogens is 4. The first-order valence-corrected chi connectivity index (χ1v) is 11.6. The molecule has 15 heteroatoms. The minimum atomic E-state index is -5.36. The lowest BCUT2D eigenvalue weighted by Gasteiger charge is -2.28. The molecular formula is C22H22ClF3N6O5. The molecule has 1 atom stereocenters. The van der Waals surface area contributed by atoms with E-state index >= 15 is 0 Å². The highest BCUT2D eigenvalue weighted by Gasteiger charge is 2.43. The van der Waals surface area contributed by atoms with Crippen LogP contribution in [0.25, 0.3) is 16.9 Å². The Morgan fingerprint density at radius 2 is 1.86 bits per heavy atom. The summed E-state index contributed by atoms with van der Waals surface area (Å²) in [4.78, 5) is 47.5. The molecule has 1 N–H and O–H groups in total. The first kappa shape index (κ1) is 26.4. The van der Waals surface area contributed by atoms with Crippen molar-refractivity contribution < 1.29 is 32.2 Å². The number of nitrogens with zero attached hydrogens (tertiary/aromatic N) is 5. The van der Waals surface area contributed by atoms with E-state index in [0.29, 0.717) is 42.8 Å². The van der Waals surface area contributed by atoms with E-state index in [-0.39, 0.29) is 17.6 Å². The lowest BCUT2D eigenvalue weighted by atomic mass is 10.3. The van der Waals surface area contributed by atoms with Gasteiger partial charge in [0.25, 0.3) is 5.56 Å². The van der Waals surface area contributed by atoms with Crippen molar-refractivity contribution in [1.82, 2.24) is 24.4 Å². The number of para-hydroxylation sites is 1. The summed E-state index contributed by atoms with van der Waals surface area (Å²) in [6.07, 6.45) is -7.16. The van der Waals surface area contributed by atoms with Crippen LogP contribution in [0.2, 0.25) is 5.02 Å². The highest BCUT2D eigenvalue weighted by Crippen LogP contribution is 2.30. The number of hydrogen-bond acceptors (Lipinski definition) is 9. The number of nitrogens with one attached hydrogen (secondary N) is 1. The van der Waals surface area contributed by atoms with E-state index < -0.39 is 35.8 Å². The summed E-state index contributed by atoms with van der Waals surface area (Å²) in [5, 5.41) is 3.60. The third-order valence-corrected chi connectivity index (χ3v) is 5.96. The Labute approximate surface area is 212 Å². The minimum absolute atomic E-state index is 0.0267. The molecule has 198 valence electrons. The lowest BCUT2D eigenvalue weighted by Crippen LogP contribution is -2.44. The van der Waals surface area contributed by atoms with Gasteiger partial charge in [-0.05, 0) is 18.6 Å². The maximum atomic E-state index is 13.5. The molecular weight excluding hydrogens is 521 g/mol. The second-order valence-corrected chi connectivity index (χ2v) is 8.49. The van der Waals surface area contributed by atoms with Crippen molar-refractivity contribution in [1.29, 1.82) is 0 Å². The molecule has 4 rings (SSSR count). The van der Waals surface area contributed by atoms with Crippen LogP contribution >= 0.6 is 11.6 Å². The van der Waals surface area contributed by atoms with Crippen LogP contribution in [0.1, 0.15) is 13.3 Å². The third-order valence-electron chi connectivity index (χ3n) is 5.64. The van der Waals surface area contributed by atoms with Gasteiger partial charge in [0.1, 0.15) is 0 Å². The molecule has 3 heterocycles. The Balaban J connectivity index is 1.79. The fourth-order valence-electron chi connectivity index (χ4n) is 3.76. The van der Waals surface area contributed by atoms with E-state index in [9.17, 15) is 27.6 Å². The maximum absolute atomic E-state index is 13.5. The zero-order chi connectivity index (χ0) is 26.9. The second kappa shape index (κ2) is 10.4. The Kier molecular flexibility index (Phi) is 7.41. The predicted octanol–water partition coefficient (Wildman–Crippen LogP) is 1.97. The van der Waals surface area contributed by atoms with Crippen LogP contribution in [0.5, 0.6) is 6.01 Å². The number of carbonyl (C=O) groups is 2. The standard InChI is InChI=1S/C22H22ClF3N6O5/c1-3-14(18(34)37-19(35)22(24,25)26)36-21-29-16-15(17(33)30(21)2)32(13-7-5-4-6-12(13)23)20(28-16)31-10-8-27-9-11-31/h4-7,14,27H,3,8-11H2,1-2H3. The lowest BCUT2D eigenvalue weighted by molar-refractivity contribution is -0.204. The zero-order valence-corrected chi connectivity index (χ0v) is 20.5. The van der Waals surface area contributed by atoms with E-state index in [1.54, 1.807) is 28.8 Å². The summed E-state index contributed by atoms with van der Waals surface area (Å²) < 4.78 is 49.4. The average Bonchev–Trinajstić information content (AvgIpc) is 3.24. The number of hydrogen-bond donors (Lipinski definition) is 1. The normalized spacial score (nSPS) is 15.0. The number of benzene rings is 1. The van der Waals surface area contributed by atoms with Gasteiger partial charge in [0, 0.05) is 33.2 Å². The van der Waals surface area contributed by atoms with Crippen molar-refractivity contribution in [2.75, 3.05) is 31.1 Å². The Morgan fingerprint density at radius 3 is 2.49 bits per heavy atom. The van der Waals surface area contributed by atoms with Gasteiger partial charge in [0.15, 0.2) is 17.3 Å². The van der Waals surface area contributed by atoms with Crippen LogP contribution in [0.3, 0.4) is 0 Å². The topological polar surface area (TPSA) is 121 Å². The van der Waals surface area contributed by atoms with E-state index in [0.717, 1.165) is 4.57 Å². The molecule has 0 amide bonds. The summed E-state index contributed by atoms with van der Waals surface area (Å²) in [6.45, 7) is 3.98. The van der Waals surface area contributed by atoms with E-state index in [2.05, 4.69) is 20.0 Å². The Hall–Kier alpha value is -3.65. The highest BCUT2D eigenvalue weighted by atomic mass is 35.5. The van der Waals surface area contributed by atoms with Crippen LogP contribution in [-0.2, 0) is 21.4 Å². The number of fused-ring (bicyclic) bond motifs is 1. The Bertz CT molecular complexity index is 1400. The summed E-state index contributed by atoms with van der Waals surface area (Å²) >= 11 is 6.45. The van der Waals surface area contributed by atoms with Gasteiger partial charge in [0.05, 0.1) is 10.7 Å². The molecule has 11 nitrogen and oxygen atoms in total. The van der Waals surface area contributed by atoms with Gasteiger partial charge in [-0.25, -0.2) is 9.59 Å². The molecule has 3 aromatic rings. The van der Waals surface area contributed by atoms with E-state index in [1.165, 1.54) is 14.0 Å². The third kappa shape index (κ3) is 5.25. The number of carbonyl (C=O) groups excluding carboxylic acids is 2. The number of halogens is 4. The van der Waals surface area contributed by atoms with E-state index in [1.807, 2.05) is 4.90 Å². The largest absolute Gasteiger partial charge is 0.491 e. The smallest absolute Gasteiger partial charge is 0.449 e. The van der Waals surface area contributed by atoms with Crippen LogP contribution in [0, 0.1) is 0 Å². The number of alkyl halides is 3. The summed E-state index contributed by atoms with van der Waals surface area (Å²) in [7, 11) is 1.32. The molecule has 0 bridgehead atoms. The second-order valence-electron chi connectivity index (χ2n) is 8.09. The van der Waals surface area contributed by atoms with Crippen molar-refractivity contribution in [3.05, 3.63) is 39.6 Å². The highest BCUT2D eigenvalue weighted by molar-refractivity contribution is 6.32. The molecule has 37 heavy (non-hydrogen) atoms. The van der Waals surface area contributed by atoms with Crippen molar-refractivity contribution in [2.45, 2.75) is 25.6 Å². The predicted molar refractivity (Wildman–Crippen MR) is 126 cm³/mol. The number of imidazole rings is 1. The van der Waals surface area contributed by atoms with Gasteiger partial charge in [-0.3, -0.25) is 13.9 Å². The summed E-state index contributed by atoms with van der Waals surface area (Å²) in [5.41, 5.74) is -0.0580. The molecule has 1 aromatic carbocycles. The molecule has 0 radical (unpaired) electrons. The molecule has 0 saturated carbocycles. The molecule has 1 saturated heterocycles. The molecule has 0 spiro atoms. The van der Waals surface area contributed by atoms with Gasteiger partial charge in [-0.2, -0.15) is 23.1 Å². The maximum Gasteiger partial charge on any atom is 0.491 e. The molecule has 2 aromatic heterocycles. The van der Waals surface area contributed by atoms with Gasteiger partial charge >= 0.3 is 24.1 Å². The average molecular weight is 543 g/mol. The number of esters is 2. The molecule has 1 aliphatic heterocycles. The zero-order valence-electron chi connectivity index (χ0n) is 19.7. The van der Waals surface area contributed by atoms with Crippen molar-refractivity contribution in [3.8, 4) is 11.7 Å². The summed E-state index contributed by atoms with van der Waals surface area (Å²) in [5.74, 6) is -3.83. The number of anilines is 1. The fourth-order valence-corrected chi connectivity index (χ4v) is 3.98. The first-order valence-electron chi connectivity index (χ1n) is 11.2. The quantitative estimate of drug-likeness (QED) is 0.368. The van der Waals surface area contributed by atoms with Crippen LogP contribution < -0.4 is 20.5 Å². The van der Waals surface area contributed by atoms with Crippen molar-refractivity contribution in [2.24, 2.45) is 7.05 Å². The number of piperazine rings is 1. The molecule has 1 aliphatic rings. The van der Waals surface area contributed by atoms with Crippen molar-refractivity contribution in [3.63, 3.8) is 0 Å². The van der Waals surface area contributed by atoms with Gasteiger partial charge in [-0.1, -0.05) is 30.7 Å². The molecule has 1 unspecified atom stereocenters. The Morgan fingerprint density at radius 1 is 1.19 bits per heavy atom. The molecule has 1 fully saturated rings. The number of rotatable bonds is 6. The van der Waals surface area contributed by atoms with Crippen LogP contribution in [-0.4, -0.2) is 69.5 Å². The van der Waals surface area contributed by atoms with Crippen molar-refractivity contribution >= 4 is 40.7 Å². The monoisotopic (exact) mass is 542 g/mol. The van der Waals surface area contributed by atoms with E-state index in [4.69, 9.17) is 16.3 Å².